The van der Waals surface area contributed by atoms with E-state index in [1.54, 1.807) is 24.6 Å². The van der Waals surface area contributed by atoms with Crippen molar-refractivity contribution in [3.63, 3.8) is 0 Å². The van der Waals surface area contributed by atoms with Crippen molar-refractivity contribution in [3.05, 3.63) is 57.9 Å². The first-order valence-corrected chi connectivity index (χ1v) is 15.2. The number of carboxylic acids is 1. The molecule has 0 amide bonds. The van der Waals surface area contributed by atoms with Gasteiger partial charge in [-0.25, -0.2) is 4.39 Å². The van der Waals surface area contributed by atoms with Crippen LogP contribution in [0.3, 0.4) is 0 Å². The fourth-order valence-corrected chi connectivity index (χ4v) is 6.64. The lowest BCUT2D eigenvalue weighted by Crippen LogP contribution is -2.41. The fraction of sp³-hybridized carbons (Fsp3) is 0.500. The van der Waals surface area contributed by atoms with Crippen LogP contribution in [0.2, 0.25) is 0 Å². The second-order valence-corrected chi connectivity index (χ2v) is 12.0. The molecule has 5 rings (SSSR count). The van der Waals surface area contributed by atoms with Gasteiger partial charge in [0.05, 0.1) is 43.7 Å². The zero-order chi connectivity index (χ0) is 28.7. The molecule has 1 aromatic carbocycles. The maximum absolute atomic E-state index is 16.5. The van der Waals surface area contributed by atoms with Crippen LogP contribution in [-0.2, 0) is 16.1 Å². The number of rotatable bonds is 10. The van der Waals surface area contributed by atoms with Crippen molar-refractivity contribution >= 4 is 28.2 Å². The van der Waals surface area contributed by atoms with E-state index in [2.05, 4.69) is 26.6 Å². The molecule has 4 heterocycles. The number of likely N-dealkylation sites (tertiary alicyclic amines) is 1. The van der Waals surface area contributed by atoms with Gasteiger partial charge in [-0.05, 0) is 79.4 Å². The van der Waals surface area contributed by atoms with Crippen LogP contribution in [-0.4, -0.2) is 78.9 Å². The Hall–Kier alpha value is -3.03. The van der Waals surface area contributed by atoms with E-state index in [1.807, 2.05) is 35.7 Å². The molecule has 2 aliphatic heterocycles. The summed E-state index contributed by atoms with van der Waals surface area (Å²) in [5, 5.41) is 12.6. The number of morpholine rings is 1. The van der Waals surface area contributed by atoms with Gasteiger partial charge >= 0.3 is 5.97 Å². The zero-order valence-electron chi connectivity index (χ0n) is 23.6. The normalized spacial score (nSPS) is 18.5. The van der Waals surface area contributed by atoms with Crippen LogP contribution in [0.4, 0.5) is 4.39 Å². The van der Waals surface area contributed by atoms with Crippen LogP contribution in [0.15, 0.2) is 41.9 Å². The van der Waals surface area contributed by atoms with E-state index in [9.17, 15) is 9.90 Å². The maximum atomic E-state index is 16.5. The summed E-state index contributed by atoms with van der Waals surface area (Å²) >= 11 is 1.62. The molecule has 9 heteroatoms. The van der Waals surface area contributed by atoms with E-state index in [1.165, 1.54) is 0 Å². The van der Waals surface area contributed by atoms with Gasteiger partial charge in [-0.3, -0.25) is 19.6 Å². The number of carboxylic acid groups (broad SMARTS) is 1. The first-order chi connectivity index (χ1) is 19.9. The van der Waals surface area contributed by atoms with Gasteiger partial charge in [-0.2, -0.15) is 0 Å². The summed E-state index contributed by atoms with van der Waals surface area (Å²) in [6, 6.07) is 9.58. The maximum Gasteiger partial charge on any atom is 0.303 e. The number of thiophene rings is 1. The number of carbonyl (C=O) groups is 1. The van der Waals surface area contributed by atoms with Gasteiger partial charge in [0.15, 0.2) is 0 Å². The van der Waals surface area contributed by atoms with Crippen molar-refractivity contribution in [1.82, 2.24) is 14.8 Å². The molecule has 0 radical (unpaired) electrons. The molecule has 7 nitrogen and oxygen atoms in total. The first-order valence-electron chi connectivity index (χ1n) is 14.3. The number of fused-ring (bicyclic) bond motifs is 1. The number of piperidine rings is 1. The third kappa shape index (κ3) is 7.63. The Morgan fingerprint density at radius 1 is 1.22 bits per heavy atom. The minimum Gasteiger partial charge on any atom is -0.497 e. The first kappa shape index (κ1) is 29.5. The second kappa shape index (κ2) is 13.8. The number of aliphatic carboxylic acids is 1. The average Bonchev–Trinajstić information content (AvgIpc) is 3.50. The van der Waals surface area contributed by atoms with Crippen LogP contribution in [0.5, 0.6) is 5.75 Å². The summed E-state index contributed by atoms with van der Waals surface area (Å²) < 4.78 is 27.4. The highest BCUT2D eigenvalue weighted by atomic mass is 32.1. The van der Waals surface area contributed by atoms with E-state index < -0.39 is 17.6 Å². The Bertz CT molecular complexity index is 1370. The minimum absolute atomic E-state index is 0.0555. The largest absolute Gasteiger partial charge is 0.497 e. The molecule has 0 spiro atoms. The third-order valence-electron chi connectivity index (χ3n) is 8.42. The number of benzene rings is 1. The van der Waals surface area contributed by atoms with Gasteiger partial charge in [0.25, 0.3) is 0 Å². The number of nitrogens with zero attached hydrogens (tertiary/aromatic N) is 3. The van der Waals surface area contributed by atoms with E-state index >= 15 is 4.39 Å². The van der Waals surface area contributed by atoms with Crippen molar-refractivity contribution in [3.8, 4) is 17.6 Å². The van der Waals surface area contributed by atoms with Crippen LogP contribution in [0.25, 0.3) is 10.9 Å². The van der Waals surface area contributed by atoms with E-state index in [-0.39, 0.29) is 12.8 Å². The van der Waals surface area contributed by atoms with Gasteiger partial charge in [0.1, 0.15) is 11.9 Å². The molecule has 0 saturated carbocycles. The fourth-order valence-electron chi connectivity index (χ4n) is 6.04. The summed E-state index contributed by atoms with van der Waals surface area (Å²) in [4.78, 5) is 22.2. The highest BCUT2D eigenvalue weighted by molar-refractivity contribution is 7.10. The van der Waals surface area contributed by atoms with Gasteiger partial charge < -0.3 is 14.6 Å². The topological polar surface area (TPSA) is 75.1 Å². The molecule has 3 aromatic rings. The Morgan fingerprint density at radius 2 is 2.02 bits per heavy atom. The monoisotopic (exact) mass is 579 g/mol. The number of halogens is 1. The van der Waals surface area contributed by atoms with Gasteiger partial charge in [-0.1, -0.05) is 17.9 Å². The quantitative estimate of drug-likeness (QED) is 0.316. The Kier molecular flexibility index (Phi) is 9.88. The molecular weight excluding hydrogens is 541 g/mol. The Morgan fingerprint density at radius 3 is 2.73 bits per heavy atom. The van der Waals surface area contributed by atoms with Crippen molar-refractivity contribution < 1.29 is 23.8 Å². The highest BCUT2D eigenvalue weighted by Gasteiger charge is 2.37. The molecule has 1 atom stereocenters. The number of alkyl halides is 1. The van der Waals surface area contributed by atoms with Crippen molar-refractivity contribution in [2.45, 2.75) is 44.8 Å². The zero-order valence-corrected chi connectivity index (χ0v) is 24.4. The summed E-state index contributed by atoms with van der Waals surface area (Å²) in [6.07, 6.45) is 2.83. The standard InChI is InChI=1S/C32H38FN3O4S/c1-39-25-6-7-29-27(20-25)31(24(22-34-29)23-36-15-17-40-18-16-36)28(33)8-9-32(21-30(37)38)10-13-35(14-11-32)12-2-4-26-5-3-19-41-26/h3,5-7,19-20,22,28H,8-18,21,23H2,1H3,(H,37,38)/t28-/m1/s1. The molecule has 1 N–H and O–H groups in total. The molecule has 218 valence electrons. The molecular formula is C32H38FN3O4S. The van der Waals surface area contributed by atoms with Crippen molar-refractivity contribution in [1.29, 1.82) is 0 Å². The predicted octanol–water partition coefficient (Wildman–Crippen LogP) is 5.54. The van der Waals surface area contributed by atoms with E-state index in [4.69, 9.17) is 9.47 Å². The van der Waals surface area contributed by atoms with Crippen molar-refractivity contribution in [2.24, 2.45) is 5.41 Å². The smallest absolute Gasteiger partial charge is 0.303 e. The molecule has 41 heavy (non-hydrogen) atoms. The highest BCUT2D eigenvalue weighted by Crippen LogP contribution is 2.43. The van der Waals surface area contributed by atoms with Crippen molar-refractivity contribution in [2.75, 3.05) is 53.0 Å². The van der Waals surface area contributed by atoms with Crippen LogP contribution >= 0.6 is 11.3 Å². The molecule has 2 aromatic heterocycles. The third-order valence-corrected chi connectivity index (χ3v) is 9.20. The van der Waals surface area contributed by atoms with Crippen LogP contribution < -0.4 is 4.74 Å². The van der Waals surface area contributed by atoms with E-state index in [0.29, 0.717) is 44.0 Å². The molecule has 2 saturated heterocycles. The number of hydrogen-bond donors (Lipinski definition) is 1. The molecule has 0 bridgehead atoms. The van der Waals surface area contributed by atoms with Crippen LogP contribution in [0.1, 0.15) is 54.3 Å². The number of hydrogen-bond acceptors (Lipinski definition) is 7. The summed E-state index contributed by atoms with van der Waals surface area (Å²) in [7, 11) is 1.61. The molecule has 2 aliphatic rings. The van der Waals surface area contributed by atoms with E-state index in [0.717, 1.165) is 60.4 Å². The number of ether oxygens (including phenoxy) is 2. The Balaban J connectivity index is 1.32. The summed E-state index contributed by atoms with van der Waals surface area (Å²) in [5.74, 6) is 6.28. The van der Waals surface area contributed by atoms with Gasteiger partial charge in [0.2, 0.25) is 0 Å². The van der Waals surface area contributed by atoms with Crippen LogP contribution in [0, 0.1) is 17.3 Å². The van der Waals surface area contributed by atoms with Gasteiger partial charge in [-0.15, -0.1) is 11.3 Å². The lowest BCUT2D eigenvalue weighted by molar-refractivity contribution is -0.141. The second-order valence-electron chi connectivity index (χ2n) is 11.1. The number of methoxy groups -OCH3 is 1. The summed E-state index contributed by atoms with van der Waals surface area (Å²) in [6.45, 7) is 5.70. The average molecular weight is 580 g/mol. The minimum atomic E-state index is -1.25. The van der Waals surface area contributed by atoms with Gasteiger partial charge in [0, 0.05) is 36.8 Å². The lowest BCUT2D eigenvalue weighted by atomic mass is 9.71. The molecule has 2 fully saturated rings. The summed E-state index contributed by atoms with van der Waals surface area (Å²) in [5.41, 5.74) is 1.81. The lowest BCUT2D eigenvalue weighted by Gasteiger charge is -2.41. The Labute approximate surface area is 245 Å². The number of aromatic nitrogens is 1. The molecule has 0 unspecified atom stereocenters. The SMILES string of the molecule is COc1ccc2ncc(CN3CCOCC3)c([C@H](F)CCC3(CC(=O)O)CCN(CC#Cc4cccs4)CC3)c2c1. The molecule has 0 aliphatic carbocycles. The number of pyridine rings is 1. The predicted molar refractivity (Wildman–Crippen MR) is 159 cm³/mol.